The number of ether oxygens (including phenoxy) is 1. The van der Waals surface area contributed by atoms with Crippen LogP contribution >= 0.6 is 0 Å². The predicted octanol–water partition coefficient (Wildman–Crippen LogP) is 0.936. The molecule has 2 unspecified atom stereocenters. The predicted molar refractivity (Wildman–Crippen MR) is 48.7 cm³/mol. The summed E-state index contributed by atoms with van der Waals surface area (Å²) in [4.78, 5) is 12.6. The van der Waals surface area contributed by atoms with E-state index in [2.05, 4.69) is 0 Å². The lowest BCUT2D eigenvalue weighted by Crippen LogP contribution is -2.63. The van der Waals surface area contributed by atoms with Crippen molar-refractivity contribution in [2.45, 2.75) is 38.5 Å². The first-order valence-corrected chi connectivity index (χ1v) is 4.59. The van der Waals surface area contributed by atoms with E-state index in [1.165, 1.54) is 4.90 Å². The topological polar surface area (TPSA) is 49.8 Å². The van der Waals surface area contributed by atoms with Crippen molar-refractivity contribution in [2.75, 3.05) is 13.2 Å². The van der Waals surface area contributed by atoms with E-state index in [9.17, 15) is 9.18 Å². The minimum absolute atomic E-state index is 0.156. The summed E-state index contributed by atoms with van der Waals surface area (Å²) in [6.07, 6.45) is -1.32. The molecule has 1 aliphatic rings. The lowest BCUT2D eigenvalue weighted by atomic mass is 10.0. The lowest BCUT2D eigenvalue weighted by Gasteiger charge is -2.43. The maximum atomic E-state index is 12.3. The fourth-order valence-electron chi connectivity index (χ4n) is 1.24. The summed E-state index contributed by atoms with van der Waals surface area (Å²) in [7, 11) is 0. The Morgan fingerprint density at radius 3 is 2.57 bits per heavy atom. The Hall–Kier alpha value is -0.840. The van der Waals surface area contributed by atoms with Crippen molar-refractivity contribution in [2.24, 2.45) is 0 Å². The van der Waals surface area contributed by atoms with Crippen molar-refractivity contribution in [1.82, 2.24) is 4.90 Å². The number of amides is 1. The van der Waals surface area contributed by atoms with Crippen molar-refractivity contribution in [3.05, 3.63) is 0 Å². The molecule has 0 aromatic rings. The van der Waals surface area contributed by atoms with Crippen LogP contribution in [0.15, 0.2) is 0 Å². The summed E-state index contributed by atoms with van der Waals surface area (Å²) < 4.78 is 17.4. The largest absolute Gasteiger partial charge is 0.444 e. The highest BCUT2D eigenvalue weighted by Crippen LogP contribution is 2.21. The van der Waals surface area contributed by atoms with Crippen LogP contribution in [0, 0.1) is 0 Å². The molecule has 1 fully saturated rings. The zero-order valence-electron chi connectivity index (χ0n) is 8.66. The summed E-state index contributed by atoms with van der Waals surface area (Å²) in [5.41, 5.74) is -0.585. The standard InChI is InChI=1S/C9H16FNO3/c1-9(2,3)14-8(13)11-5-7(12)6(11)4-10/h6-7,12H,4-5H2,1-3H3. The fraction of sp³-hybridized carbons (Fsp3) is 0.889. The molecule has 4 nitrogen and oxygen atoms in total. The van der Waals surface area contributed by atoms with Gasteiger partial charge in [0.2, 0.25) is 0 Å². The van der Waals surface area contributed by atoms with Crippen molar-refractivity contribution < 1.29 is 19.0 Å². The number of rotatable bonds is 1. The molecule has 0 bridgehead atoms. The van der Waals surface area contributed by atoms with Gasteiger partial charge in [0.05, 0.1) is 18.7 Å². The van der Waals surface area contributed by atoms with Crippen LogP contribution in [0.3, 0.4) is 0 Å². The van der Waals surface area contributed by atoms with Crippen molar-refractivity contribution in [3.63, 3.8) is 0 Å². The van der Waals surface area contributed by atoms with E-state index in [0.717, 1.165) is 0 Å². The third-order valence-electron chi connectivity index (χ3n) is 2.01. The van der Waals surface area contributed by atoms with E-state index >= 15 is 0 Å². The molecule has 0 aliphatic carbocycles. The van der Waals surface area contributed by atoms with Gasteiger partial charge in [0.1, 0.15) is 12.3 Å². The maximum absolute atomic E-state index is 12.3. The van der Waals surface area contributed by atoms with Crippen LogP contribution in [0.1, 0.15) is 20.8 Å². The van der Waals surface area contributed by atoms with Crippen molar-refractivity contribution >= 4 is 6.09 Å². The maximum Gasteiger partial charge on any atom is 0.410 e. The summed E-state index contributed by atoms with van der Waals surface area (Å²) in [6.45, 7) is 4.65. The van der Waals surface area contributed by atoms with E-state index in [1.54, 1.807) is 20.8 Å². The average Bonchev–Trinajstić information content (AvgIpc) is 1.97. The summed E-state index contributed by atoms with van der Waals surface area (Å²) >= 11 is 0. The third kappa shape index (κ3) is 2.35. The Labute approximate surface area is 82.6 Å². The molecule has 1 saturated heterocycles. The molecule has 1 heterocycles. The first kappa shape index (κ1) is 11.2. The van der Waals surface area contributed by atoms with Gasteiger partial charge in [-0.1, -0.05) is 0 Å². The van der Waals surface area contributed by atoms with Crippen LogP contribution in [0.4, 0.5) is 9.18 Å². The number of aliphatic hydroxyl groups excluding tert-OH is 1. The molecule has 0 radical (unpaired) electrons. The van der Waals surface area contributed by atoms with Gasteiger partial charge >= 0.3 is 6.09 Å². The SMILES string of the molecule is CC(C)(C)OC(=O)N1CC(O)C1CF. The van der Waals surface area contributed by atoms with Gasteiger partial charge in [-0.15, -0.1) is 0 Å². The molecule has 14 heavy (non-hydrogen) atoms. The third-order valence-corrected chi connectivity index (χ3v) is 2.01. The number of likely N-dealkylation sites (tertiary alicyclic amines) is 1. The molecular weight excluding hydrogens is 189 g/mol. The average molecular weight is 205 g/mol. The summed E-state index contributed by atoms with van der Waals surface area (Å²) in [5.74, 6) is 0. The number of hydrogen-bond acceptors (Lipinski definition) is 3. The normalized spacial score (nSPS) is 27.1. The number of halogens is 1. The number of carbonyl (C=O) groups is 1. The highest BCUT2D eigenvalue weighted by molar-refractivity contribution is 5.70. The quantitative estimate of drug-likeness (QED) is 0.693. The summed E-state index contributed by atoms with van der Waals surface area (Å²) in [5, 5.41) is 9.14. The van der Waals surface area contributed by atoms with Gasteiger partial charge in [-0.25, -0.2) is 9.18 Å². The Balaban J connectivity index is 2.47. The van der Waals surface area contributed by atoms with E-state index in [4.69, 9.17) is 9.84 Å². The smallest absolute Gasteiger partial charge is 0.410 e. The Morgan fingerprint density at radius 1 is 1.64 bits per heavy atom. The molecule has 0 aromatic carbocycles. The van der Waals surface area contributed by atoms with E-state index in [0.29, 0.717) is 0 Å². The lowest BCUT2D eigenvalue weighted by molar-refractivity contribution is -0.0768. The Bertz CT molecular complexity index is 227. The van der Waals surface area contributed by atoms with Gasteiger partial charge in [0, 0.05) is 0 Å². The number of aliphatic hydroxyl groups is 1. The van der Waals surface area contributed by atoms with E-state index in [-0.39, 0.29) is 6.54 Å². The molecule has 1 rings (SSSR count). The Morgan fingerprint density at radius 2 is 2.21 bits per heavy atom. The van der Waals surface area contributed by atoms with Gasteiger partial charge < -0.3 is 9.84 Å². The Kier molecular flexibility index (Phi) is 2.99. The van der Waals surface area contributed by atoms with Crippen LogP contribution in [0.5, 0.6) is 0 Å². The molecule has 1 amide bonds. The molecular formula is C9H16FNO3. The summed E-state index contributed by atoms with van der Waals surface area (Å²) in [6, 6.07) is -0.732. The van der Waals surface area contributed by atoms with Crippen LogP contribution in [0.25, 0.3) is 0 Å². The van der Waals surface area contributed by atoms with Crippen molar-refractivity contribution in [3.8, 4) is 0 Å². The van der Waals surface area contributed by atoms with Crippen molar-refractivity contribution in [1.29, 1.82) is 0 Å². The highest BCUT2D eigenvalue weighted by Gasteiger charge is 2.42. The van der Waals surface area contributed by atoms with Gasteiger partial charge in [0.15, 0.2) is 0 Å². The zero-order valence-corrected chi connectivity index (χ0v) is 8.66. The monoisotopic (exact) mass is 205 g/mol. The van der Waals surface area contributed by atoms with Gasteiger partial charge in [-0.2, -0.15) is 0 Å². The first-order valence-electron chi connectivity index (χ1n) is 4.59. The highest BCUT2D eigenvalue weighted by atomic mass is 19.1. The van der Waals surface area contributed by atoms with E-state index < -0.39 is 30.5 Å². The number of alkyl halides is 1. The minimum atomic E-state index is -0.757. The molecule has 0 saturated carbocycles. The van der Waals surface area contributed by atoms with E-state index in [1.807, 2.05) is 0 Å². The minimum Gasteiger partial charge on any atom is -0.444 e. The number of β-amino-alcohol motifs (C(OH)–C–C–N with tert-alkyl or cyclic N) is 1. The van der Waals surface area contributed by atoms with Crippen LogP contribution in [0.2, 0.25) is 0 Å². The second kappa shape index (κ2) is 3.73. The number of carbonyl (C=O) groups excluding carboxylic acids is 1. The molecule has 82 valence electrons. The molecule has 1 N–H and O–H groups in total. The van der Waals surface area contributed by atoms with Crippen LogP contribution in [-0.2, 0) is 4.74 Å². The first-order chi connectivity index (χ1) is 6.35. The second-order valence-corrected chi connectivity index (χ2v) is 4.42. The van der Waals surface area contributed by atoms with Crippen LogP contribution < -0.4 is 0 Å². The van der Waals surface area contributed by atoms with Gasteiger partial charge in [-0.05, 0) is 20.8 Å². The molecule has 0 aromatic heterocycles. The number of nitrogens with zero attached hydrogens (tertiary/aromatic N) is 1. The molecule has 5 heteroatoms. The molecule has 0 spiro atoms. The number of hydrogen-bond donors (Lipinski definition) is 1. The van der Waals surface area contributed by atoms with Crippen LogP contribution in [-0.4, -0.2) is 47.1 Å². The second-order valence-electron chi connectivity index (χ2n) is 4.42. The van der Waals surface area contributed by atoms with Gasteiger partial charge in [0.25, 0.3) is 0 Å². The fourth-order valence-corrected chi connectivity index (χ4v) is 1.24. The molecule has 2 atom stereocenters. The van der Waals surface area contributed by atoms with Gasteiger partial charge in [-0.3, -0.25) is 4.90 Å². The molecule has 1 aliphatic heterocycles. The zero-order chi connectivity index (χ0) is 10.9.